The minimum absolute atomic E-state index is 0.348. The van der Waals surface area contributed by atoms with Crippen molar-refractivity contribution in [2.24, 2.45) is 11.8 Å². The van der Waals surface area contributed by atoms with Crippen molar-refractivity contribution in [2.75, 3.05) is 6.61 Å². The summed E-state index contributed by atoms with van der Waals surface area (Å²) in [5.74, 6) is 1.58. The zero-order chi connectivity index (χ0) is 12.9. The fourth-order valence-corrected chi connectivity index (χ4v) is 2.66. The number of ketones is 1. The van der Waals surface area contributed by atoms with Crippen LogP contribution in [-0.2, 0) is 9.53 Å². The molecule has 0 N–H and O–H groups in total. The Labute approximate surface area is 106 Å². The van der Waals surface area contributed by atoms with Crippen LogP contribution in [0.1, 0.15) is 66.2 Å². The van der Waals surface area contributed by atoms with Crippen LogP contribution in [0.4, 0.5) is 0 Å². The molecule has 1 aliphatic carbocycles. The molecule has 0 heterocycles. The summed E-state index contributed by atoms with van der Waals surface area (Å²) in [7, 11) is 0. The molecule has 1 rings (SSSR count). The van der Waals surface area contributed by atoms with Crippen LogP contribution in [0.5, 0.6) is 0 Å². The standard InChI is InChI=1S/C15H28O2/c1-5-12(3)11-14(16)15(17-6-2)9-7-13(4)8-10-15/h12-13H,5-11H2,1-4H3. The average molecular weight is 240 g/mol. The highest BCUT2D eigenvalue weighted by Gasteiger charge is 2.41. The Morgan fingerprint density at radius 1 is 1.35 bits per heavy atom. The summed E-state index contributed by atoms with van der Waals surface area (Å²) in [6.45, 7) is 9.23. The Hall–Kier alpha value is -0.370. The molecule has 1 atom stereocenters. The predicted molar refractivity (Wildman–Crippen MR) is 71.1 cm³/mol. The van der Waals surface area contributed by atoms with Gasteiger partial charge in [-0.1, -0.05) is 27.2 Å². The van der Waals surface area contributed by atoms with Crippen molar-refractivity contribution in [1.82, 2.24) is 0 Å². The number of carbonyl (C=O) groups excluding carboxylic acids is 1. The Morgan fingerprint density at radius 3 is 2.41 bits per heavy atom. The lowest BCUT2D eigenvalue weighted by Gasteiger charge is -2.38. The monoisotopic (exact) mass is 240 g/mol. The van der Waals surface area contributed by atoms with Crippen LogP contribution in [0.15, 0.2) is 0 Å². The number of hydrogen-bond acceptors (Lipinski definition) is 2. The number of hydrogen-bond donors (Lipinski definition) is 0. The molecule has 1 unspecified atom stereocenters. The molecule has 17 heavy (non-hydrogen) atoms. The van der Waals surface area contributed by atoms with Crippen LogP contribution < -0.4 is 0 Å². The van der Waals surface area contributed by atoms with Gasteiger partial charge in [-0.25, -0.2) is 0 Å². The van der Waals surface area contributed by atoms with Gasteiger partial charge in [0.05, 0.1) is 0 Å². The van der Waals surface area contributed by atoms with E-state index in [0.717, 1.165) is 38.0 Å². The molecule has 0 aromatic carbocycles. The molecule has 0 spiro atoms. The molecular weight excluding hydrogens is 212 g/mol. The van der Waals surface area contributed by atoms with Crippen molar-refractivity contribution < 1.29 is 9.53 Å². The molecule has 2 heteroatoms. The van der Waals surface area contributed by atoms with Crippen LogP contribution in [-0.4, -0.2) is 18.0 Å². The maximum absolute atomic E-state index is 12.5. The third-order valence-electron chi connectivity index (χ3n) is 4.24. The van der Waals surface area contributed by atoms with E-state index >= 15 is 0 Å². The smallest absolute Gasteiger partial charge is 0.164 e. The third kappa shape index (κ3) is 3.80. The van der Waals surface area contributed by atoms with Gasteiger partial charge in [-0.3, -0.25) is 4.79 Å². The topological polar surface area (TPSA) is 26.3 Å². The van der Waals surface area contributed by atoms with Crippen molar-refractivity contribution >= 4 is 5.78 Å². The predicted octanol–water partition coefficient (Wildman–Crippen LogP) is 3.98. The summed E-state index contributed by atoms with van der Waals surface area (Å²) < 4.78 is 5.88. The second kappa shape index (κ2) is 6.53. The minimum atomic E-state index is -0.440. The first-order valence-corrected chi connectivity index (χ1v) is 7.21. The third-order valence-corrected chi connectivity index (χ3v) is 4.24. The molecule has 0 amide bonds. The highest BCUT2D eigenvalue weighted by atomic mass is 16.5. The normalized spacial score (nSPS) is 31.2. The van der Waals surface area contributed by atoms with Crippen LogP contribution in [0.2, 0.25) is 0 Å². The summed E-state index contributed by atoms with van der Waals surface area (Å²) >= 11 is 0. The van der Waals surface area contributed by atoms with Gasteiger partial charge >= 0.3 is 0 Å². The molecule has 0 bridgehead atoms. The van der Waals surface area contributed by atoms with E-state index in [9.17, 15) is 4.79 Å². The highest BCUT2D eigenvalue weighted by Crippen LogP contribution is 2.37. The van der Waals surface area contributed by atoms with Crippen molar-refractivity contribution in [1.29, 1.82) is 0 Å². The summed E-state index contributed by atoms with van der Waals surface area (Å²) in [6, 6.07) is 0. The quantitative estimate of drug-likeness (QED) is 0.702. The first-order chi connectivity index (χ1) is 8.04. The Morgan fingerprint density at radius 2 is 1.94 bits per heavy atom. The van der Waals surface area contributed by atoms with Crippen molar-refractivity contribution in [3.05, 3.63) is 0 Å². The molecule has 1 fully saturated rings. The summed E-state index contributed by atoms with van der Waals surface area (Å²) in [4.78, 5) is 12.5. The van der Waals surface area contributed by atoms with Gasteiger partial charge in [-0.15, -0.1) is 0 Å². The summed E-state index contributed by atoms with van der Waals surface area (Å²) in [5.41, 5.74) is -0.440. The lowest BCUT2D eigenvalue weighted by Crippen LogP contribution is -2.45. The largest absolute Gasteiger partial charge is 0.368 e. The molecule has 0 aromatic rings. The minimum Gasteiger partial charge on any atom is -0.368 e. The second-order valence-corrected chi connectivity index (χ2v) is 5.75. The summed E-state index contributed by atoms with van der Waals surface area (Å²) in [6.07, 6.45) is 5.88. The Balaban J connectivity index is 2.67. The Bertz CT molecular complexity index is 239. The van der Waals surface area contributed by atoms with E-state index in [2.05, 4.69) is 20.8 Å². The van der Waals surface area contributed by atoms with E-state index in [-0.39, 0.29) is 0 Å². The highest BCUT2D eigenvalue weighted by molar-refractivity contribution is 5.87. The first kappa shape index (κ1) is 14.7. The molecule has 1 aliphatic rings. The fraction of sp³-hybridized carbons (Fsp3) is 0.933. The number of carbonyl (C=O) groups is 1. The lowest BCUT2D eigenvalue weighted by atomic mass is 9.75. The van der Waals surface area contributed by atoms with Gasteiger partial charge in [0.1, 0.15) is 5.60 Å². The van der Waals surface area contributed by atoms with E-state index in [1.54, 1.807) is 0 Å². The van der Waals surface area contributed by atoms with Crippen molar-refractivity contribution in [2.45, 2.75) is 71.8 Å². The van der Waals surface area contributed by atoms with Crippen molar-refractivity contribution in [3.8, 4) is 0 Å². The van der Waals surface area contributed by atoms with E-state index < -0.39 is 5.60 Å². The number of ether oxygens (including phenoxy) is 1. The molecule has 0 aliphatic heterocycles. The van der Waals surface area contributed by atoms with Gasteiger partial charge in [0.25, 0.3) is 0 Å². The van der Waals surface area contributed by atoms with Gasteiger partial charge in [0.2, 0.25) is 0 Å². The van der Waals surface area contributed by atoms with Crippen LogP contribution in [0.3, 0.4) is 0 Å². The second-order valence-electron chi connectivity index (χ2n) is 5.75. The lowest BCUT2D eigenvalue weighted by molar-refractivity contribution is -0.151. The van der Waals surface area contributed by atoms with E-state index in [1.165, 1.54) is 0 Å². The maximum atomic E-state index is 12.5. The Kier molecular flexibility index (Phi) is 5.64. The zero-order valence-electron chi connectivity index (χ0n) is 11.9. The molecule has 0 saturated heterocycles. The van der Waals surface area contributed by atoms with Crippen LogP contribution >= 0.6 is 0 Å². The summed E-state index contributed by atoms with van der Waals surface area (Å²) in [5, 5.41) is 0. The zero-order valence-corrected chi connectivity index (χ0v) is 11.9. The SMILES string of the molecule is CCOC1(C(=O)CC(C)CC)CCC(C)CC1. The van der Waals surface area contributed by atoms with Gasteiger partial charge in [0.15, 0.2) is 5.78 Å². The average Bonchev–Trinajstić information content (AvgIpc) is 2.32. The fourth-order valence-electron chi connectivity index (χ4n) is 2.66. The van der Waals surface area contributed by atoms with Gasteiger partial charge in [0, 0.05) is 13.0 Å². The van der Waals surface area contributed by atoms with Gasteiger partial charge < -0.3 is 4.74 Å². The maximum Gasteiger partial charge on any atom is 0.164 e. The number of Topliss-reactive ketones (excluding diaryl/α,β-unsaturated/α-hetero) is 1. The molecular formula is C15H28O2. The van der Waals surface area contributed by atoms with Gasteiger partial charge in [-0.05, 0) is 44.4 Å². The van der Waals surface area contributed by atoms with Gasteiger partial charge in [-0.2, -0.15) is 0 Å². The molecule has 1 saturated carbocycles. The number of rotatable bonds is 6. The van der Waals surface area contributed by atoms with Crippen molar-refractivity contribution in [3.63, 3.8) is 0 Å². The first-order valence-electron chi connectivity index (χ1n) is 7.21. The molecule has 0 radical (unpaired) electrons. The van der Waals surface area contributed by atoms with E-state index in [1.807, 2.05) is 6.92 Å². The van der Waals surface area contributed by atoms with Crippen LogP contribution in [0.25, 0.3) is 0 Å². The van der Waals surface area contributed by atoms with E-state index in [0.29, 0.717) is 24.7 Å². The van der Waals surface area contributed by atoms with Crippen LogP contribution in [0, 0.1) is 11.8 Å². The van der Waals surface area contributed by atoms with E-state index in [4.69, 9.17) is 4.74 Å². The molecule has 0 aromatic heterocycles. The molecule has 100 valence electrons. The molecule has 2 nitrogen and oxygen atoms in total.